The van der Waals surface area contributed by atoms with Crippen LogP contribution in [0.25, 0.3) is 0 Å². The molecule has 524 valence electrons. The first-order valence-electron chi connectivity index (χ1n) is 30.5. The maximum absolute atomic E-state index is 13.5. The summed E-state index contributed by atoms with van der Waals surface area (Å²) in [6.45, 7) is 3.08. The van der Waals surface area contributed by atoms with E-state index in [1.807, 2.05) is 0 Å². The number of aliphatic hydroxyl groups excluding tert-OH is 7. The van der Waals surface area contributed by atoms with Gasteiger partial charge in [-0.15, -0.1) is 0 Å². The number of hydrogen-bond acceptors (Lipinski definition) is 27. The van der Waals surface area contributed by atoms with Crippen LogP contribution in [0.3, 0.4) is 0 Å². The second-order valence-electron chi connectivity index (χ2n) is 27.1. The second kappa shape index (κ2) is 24.3. The first-order valence-corrected chi connectivity index (χ1v) is 30.5. The van der Waals surface area contributed by atoms with Crippen LogP contribution in [0.1, 0.15) is 80.4 Å². The summed E-state index contributed by atoms with van der Waals surface area (Å²) in [4.78, 5) is 122. The molecule has 3 aromatic carbocycles. The van der Waals surface area contributed by atoms with Crippen molar-refractivity contribution in [2.75, 3.05) is 61.3 Å². The van der Waals surface area contributed by atoms with Crippen LogP contribution in [-0.2, 0) is 40.8 Å². The molecule has 0 spiro atoms. The number of Topliss-reactive ketones (excluding diaryl/α,β-unsaturated/α-hetero) is 6. The molecule has 22 N–H and O–H groups in total. The topological polar surface area (TPSA) is 559 Å². The van der Waals surface area contributed by atoms with E-state index in [2.05, 4.69) is 0 Å². The van der Waals surface area contributed by atoms with Gasteiger partial charge in [0.2, 0.25) is 17.3 Å². The Hall–Kier alpha value is -9.83. The number of anilines is 1. The fraction of sp³-hybridized carbons (Fsp3) is 0.418. The zero-order chi connectivity index (χ0) is 72.3. The number of primary amides is 3. The van der Waals surface area contributed by atoms with E-state index in [0.717, 1.165) is 5.69 Å². The van der Waals surface area contributed by atoms with Crippen LogP contribution in [0.5, 0.6) is 17.2 Å². The molecule has 0 aromatic heterocycles. The Kier molecular flexibility index (Phi) is 18.0. The fourth-order valence-corrected chi connectivity index (χ4v) is 16.7. The number of ketones is 6. The van der Waals surface area contributed by atoms with Crippen molar-refractivity contribution < 1.29 is 120 Å². The fourth-order valence-electron chi connectivity index (χ4n) is 16.7. The smallest absolute Gasteiger partial charge is 0.255 e. The minimum atomic E-state index is -2.89. The van der Waals surface area contributed by atoms with Gasteiger partial charge < -0.3 is 99.1 Å². The Bertz CT molecular complexity index is 4300. The quantitative estimate of drug-likeness (QED) is 0.124. The van der Waals surface area contributed by atoms with Gasteiger partial charge in [0.05, 0.1) is 52.4 Å². The van der Waals surface area contributed by atoms with Crippen molar-refractivity contribution in [3.63, 3.8) is 0 Å². The summed E-state index contributed by atoms with van der Waals surface area (Å²) in [5.41, 5.74) is 3.73. The number of aromatic hydroxyl groups is 3. The number of rotatable bonds is 7. The number of nitrogens with two attached hydrogens (primary N) is 3. The van der Waals surface area contributed by atoms with E-state index < -0.39 is 209 Å². The molecule has 0 saturated heterocycles. The van der Waals surface area contributed by atoms with E-state index in [4.69, 9.17) is 17.2 Å². The first kappa shape index (κ1) is 72.4. The summed E-state index contributed by atoms with van der Waals surface area (Å²) >= 11 is 0. The lowest BCUT2D eigenvalue weighted by Gasteiger charge is -2.53. The number of fused-ring (bicyclic) bond motifs is 9. The van der Waals surface area contributed by atoms with Gasteiger partial charge in [0.1, 0.15) is 68.5 Å². The number of nitrogens with zero attached hydrogens (tertiary/aromatic N) is 4. The highest BCUT2D eigenvalue weighted by Gasteiger charge is 2.69. The van der Waals surface area contributed by atoms with E-state index in [-0.39, 0.29) is 64.1 Å². The predicted octanol–water partition coefficient (Wildman–Crippen LogP) is -1.20. The lowest BCUT2D eigenvalue weighted by atomic mass is 9.55. The number of hydrogen-bond donors (Lipinski definition) is 17. The highest BCUT2D eigenvalue weighted by molar-refractivity contribution is 6.27. The van der Waals surface area contributed by atoms with Crippen LogP contribution >= 0.6 is 0 Å². The zero-order valence-electron chi connectivity index (χ0n) is 54.5. The Labute approximate surface area is 557 Å². The molecule has 98 heavy (non-hydrogen) atoms. The molecular formula is C67H77N7O24. The molecule has 3 aromatic rings. The van der Waals surface area contributed by atoms with E-state index in [0.29, 0.717) is 11.1 Å². The molecule has 3 amide bonds. The maximum atomic E-state index is 13.5. The summed E-state index contributed by atoms with van der Waals surface area (Å²) in [6, 6.07) is 8.28. The molecule has 12 rings (SSSR count). The Morgan fingerprint density at radius 3 is 1.40 bits per heavy atom. The summed E-state index contributed by atoms with van der Waals surface area (Å²) in [7, 11) is 12.8. The van der Waals surface area contributed by atoms with Crippen LogP contribution in [0, 0.1) is 35.5 Å². The van der Waals surface area contributed by atoms with Crippen molar-refractivity contribution in [1.29, 1.82) is 0 Å². The SMILES string of the molecule is CN(C)[C@@H]1C(O)=C(C(N)=O)C(=O)[C@@]2(O)C(O)=C3C(=O)c4c(O)cccc4[C@@](C)(O)[C@H]3C[C@@H]12.CN(C)c1ccc(O)c2c1C[C@H]1C[C@H]3[C@H](N(C)C)C(O)=C(C(N)=O)C(=O)[C@@]3(O)C(O)=C1C2=O.C[C@H]1c2cccc(O)c2C(=O)C2=C(O)[C@]3(O)C(=O)C(C(N)=O)=C(O)[C@@H](N(C)C)[C@@H]3[C@@H](O)[C@@H]21.O. The largest absolute Gasteiger partial charge is 0.510 e. The number of benzene rings is 3. The lowest BCUT2D eigenvalue weighted by molar-refractivity contribution is -0.162. The van der Waals surface area contributed by atoms with Crippen LogP contribution in [-0.4, -0.2) is 242 Å². The first-order chi connectivity index (χ1) is 45.0. The van der Waals surface area contributed by atoms with E-state index in [1.165, 1.54) is 80.1 Å². The molecule has 0 radical (unpaired) electrons. The van der Waals surface area contributed by atoms with Crippen molar-refractivity contribution in [2.24, 2.45) is 52.7 Å². The molecular weight excluding hydrogens is 1290 g/mol. The molecule has 9 aliphatic carbocycles. The number of amides is 3. The third-order valence-corrected chi connectivity index (χ3v) is 21.1. The molecule has 31 heteroatoms. The van der Waals surface area contributed by atoms with Crippen molar-refractivity contribution in [3.8, 4) is 17.2 Å². The number of carbonyl (C=O) groups is 9. The number of carbonyl (C=O) groups excluding carboxylic acids is 9. The van der Waals surface area contributed by atoms with Gasteiger partial charge in [-0.3, -0.25) is 57.9 Å². The van der Waals surface area contributed by atoms with Gasteiger partial charge in [0, 0.05) is 60.2 Å². The summed E-state index contributed by atoms with van der Waals surface area (Å²) < 4.78 is 0. The average Bonchev–Trinajstić information content (AvgIpc) is 0.702. The molecule has 31 nitrogen and oxygen atoms in total. The van der Waals surface area contributed by atoms with Crippen molar-refractivity contribution in [3.05, 3.63) is 150 Å². The van der Waals surface area contributed by atoms with Crippen LogP contribution in [0.15, 0.2) is 117 Å². The number of phenolic OH excluding ortho intramolecular Hbond substituents is 3. The van der Waals surface area contributed by atoms with Crippen molar-refractivity contribution in [2.45, 2.75) is 85.7 Å². The van der Waals surface area contributed by atoms with Crippen molar-refractivity contribution in [1.82, 2.24) is 14.7 Å². The monoisotopic (exact) mass is 1360 g/mol. The Morgan fingerprint density at radius 2 is 0.918 bits per heavy atom. The normalized spacial score (nSPS) is 32.2. The van der Waals surface area contributed by atoms with Gasteiger partial charge in [0.25, 0.3) is 17.7 Å². The maximum Gasteiger partial charge on any atom is 0.255 e. The number of phenols is 3. The van der Waals surface area contributed by atoms with Gasteiger partial charge in [0.15, 0.2) is 34.2 Å². The zero-order valence-corrected chi connectivity index (χ0v) is 54.5. The molecule has 0 aliphatic heterocycles. The van der Waals surface area contributed by atoms with Crippen LogP contribution in [0.4, 0.5) is 5.69 Å². The Morgan fingerprint density at radius 1 is 0.510 bits per heavy atom. The molecule has 0 heterocycles. The molecule has 15 atom stereocenters. The highest BCUT2D eigenvalue weighted by atomic mass is 16.4. The molecule has 0 unspecified atom stereocenters. The molecule has 0 saturated carbocycles. The summed E-state index contributed by atoms with van der Waals surface area (Å²) in [6.07, 6.45) is -1.47. The van der Waals surface area contributed by atoms with Gasteiger partial charge in [-0.25, -0.2) is 0 Å². The van der Waals surface area contributed by atoms with Gasteiger partial charge in [-0.2, -0.15) is 0 Å². The van der Waals surface area contributed by atoms with Crippen LogP contribution < -0.4 is 22.1 Å². The van der Waals surface area contributed by atoms with Gasteiger partial charge >= 0.3 is 0 Å². The number of aliphatic hydroxyl groups is 11. The standard InChI is InChI=1S/C23H27N3O7.2C22H24N2O8.H2O/c1-25(2)12-5-6-13(27)15-10(12)7-9-8-11-17(26(3)4)19(29)16(22(24)32)21(31)23(11,33)20(30)14(9)18(15)28;1-21(31)8-5-4-6-11(25)12(8)16(26)13-9(21)7-10-15(24(2)3)17(27)14(20(23)30)19(29)22(10,32)18(13)28;1-7-8-5-4-6-9(25)11(8)16(26)12-10(7)17(27)14-15(24(2)3)18(28)13(21(23)31)20(30)22(14,32)19(12)29;/h5-6,9,11,17,27,29-30,33H,7-8H2,1-4H3,(H2,24,32);4-6,9-10,15,25,27-28,31-32H,7H2,1-3H3,(H2,23,30);4-7,10,14-15,17,25,27-29,32H,1-3H3,(H2,23,31);1H2/t9-,11-,17-,23-;9-,10-,15-,21+,22-;7-,10+,14+,15-,17-,22-;/m000./s1. The molecule has 0 fully saturated rings. The number of allylic oxidation sites excluding steroid dienone is 1. The number of likely N-dealkylation sites (N-methyl/N-ethyl adjacent to an activating group) is 3. The average molecular weight is 1360 g/mol. The Balaban J connectivity index is 0.000000171. The third-order valence-electron chi connectivity index (χ3n) is 21.1. The summed E-state index contributed by atoms with van der Waals surface area (Å²) in [5, 5.41) is 154. The van der Waals surface area contributed by atoms with E-state index >= 15 is 0 Å². The van der Waals surface area contributed by atoms with Gasteiger partial charge in [-0.1, -0.05) is 31.2 Å². The van der Waals surface area contributed by atoms with Gasteiger partial charge in [-0.05, 0) is 121 Å². The second-order valence-corrected chi connectivity index (χ2v) is 27.1. The predicted molar refractivity (Wildman–Crippen MR) is 341 cm³/mol. The lowest BCUT2D eigenvalue weighted by Crippen LogP contribution is -2.68. The highest BCUT2D eigenvalue weighted by Crippen LogP contribution is 2.59. The summed E-state index contributed by atoms with van der Waals surface area (Å²) in [5.74, 6) is -23.3. The van der Waals surface area contributed by atoms with E-state index in [9.17, 15) is 115 Å². The third kappa shape index (κ3) is 9.75. The minimum Gasteiger partial charge on any atom is -0.510 e. The van der Waals surface area contributed by atoms with Crippen molar-refractivity contribution >= 4 is 58.1 Å². The molecule has 9 aliphatic rings. The van der Waals surface area contributed by atoms with Crippen LogP contribution in [0.2, 0.25) is 0 Å². The van der Waals surface area contributed by atoms with E-state index in [1.54, 1.807) is 58.2 Å². The molecule has 0 bridgehead atoms. The minimum absolute atomic E-state index is 0.